The summed E-state index contributed by atoms with van der Waals surface area (Å²) >= 11 is 0. The molecule has 1 unspecified atom stereocenters. The molecule has 1 heterocycles. The third kappa shape index (κ3) is 2.02. The van der Waals surface area contributed by atoms with E-state index in [4.69, 9.17) is 9.84 Å². The minimum atomic E-state index is -0.978. The van der Waals surface area contributed by atoms with Crippen molar-refractivity contribution < 1.29 is 20.1 Å². The summed E-state index contributed by atoms with van der Waals surface area (Å²) in [4.78, 5) is 0. The average molecular weight is 190 g/mol. The lowest BCUT2D eigenvalue weighted by Gasteiger charge is -2.28. The molecule has 4 heteroatoms. The van der Waals surface area contributed by atoms with Gasteiger partial charge in [-0.1, -0.05) is 20.8 Å². The van der Waals surface area contributed by atoms with Gasteiger partial charge in [-0.2, -0.15) is 0 Å². The normalized spacial score (nSPS) is 41.1. The first-order chi connectivity index (χ1) is 5.88. The van der Waals surface area contributed by atoms with E-state index in [0.717, 1.165) is 0 Å². The Kier molecular flexibility index (Phi) is 2.97. The Morgan fingerprint density at radius 1 is 1.15 bits per heavy atom. The molecule has 0 radical (unpaired) electrons. The summed E-state index contributed by atoms with van der Waals surface area (Å²) in [7, 11) is 0. The lowest BCUT2D eigenvalue weighted by molar-refractivity contribution is -0.0638. The van der Waals surface area contributed by atoms with Gasteiger partial charge in [-0.05, 0) is 5.41 Å². The fraction of sp³-hybridized carbons (Fsp3) is 1.00. The molecule has 0 aromatic carbocycles. The van der Waals surface area contributed by atoms with Gasteiger partial charge in [0.2, 0.25) is 0 Å². The Balaban J connectivity index is 2.71. The molecule has 4 nitrogen and oxygen atoms in total. The van der Waals surface area contributed by atoms with Gasteiger partial charge in [0.25, 0.3) is 0 Å². The van der Waals surface area contributed by atoms with E-state index in [9.17, 15) is 10.2 Å². The summed E-state index contributed by atoms with van der Waals surface area (Å²) in [6.45, 7) is 5.51. The molecule has 3 N–H and O–H groups in total. The van der Waals surface area contributed by atoms with Gasteiger partial charge in [0.05, 0.1) is 12.7 Å². The summed E-state index contributed by atoms with van der Waals surface area (Å²) in [5.41, 5.74) is -0.232. The van der Waals surface area contributed by atoms with Gasteiger partial charge >= 0.3 is 0 Å². The molecule has 1 saturated heterocycles. The minimum Gasteiger partial charge on any atom is -0.394 e. The fourth-order valence-electron chi connectivity index (χ4n) is 1.62. The van der Waals surface area contributed by atoms with Crippen molar-refractivity contribution in [2.24, 2.45) is 5.41 Å². The lowest BCUT2D eigenvalue weighted by Crippen LogP contribution is -2.39. The second kappa shape index (κ2) is 3.53. The van der Waals surface area contributed by atoms with Crippen LogP contribution in [-0.4, -0.2) is 46.3 Å². The maximum absolute atomic E-state index is 9.61. The van der Waals surface area contributed by atoms with Gasteiger partial charge in [0, 0.05) is 0 Å². The Morgan fingerprint density at radius 3 is 1.92 bits per heavy atom. The third-order valence-electron chi connectivity index (χ3n) is 2.40. The highest BCUT2D eigenvalue weighted by Gasteiger charge is 2.47. The van der Waals surface area contributed by atoms with Crippen LogP contribution in [0.4, 0.5) is 0 Å². The van der Waals surface area contributed by atoms with Crippen molar-refractivity contribution in [1.82, 2.24) is 0 Å². The molecule has 0 aromatic rings. The fourth-order valence-corrected chi connectivity index (χ4v) is 1.62. The van der Waals surface area contributed by atoms with Crippen LogP contribution in [0.5, 0.6) is 0 Å². The summed E-state index contributed by atoms with van der Waals surface area (Å²) < 4.78 is 5.35. The molecule has 4 atom stereocenters. The number of hydrogen-bond donors (Lipinski definition) is 3. The molecular formula is C9H18O4. The number of rotatable bonds is 1. The maximum atomic E-state index is 9.61. The van der Waals surface area contributed by atoms with Gasteiger partial charge in [-0.15, -0.1) is 0 Å². The van der Waals surface area contributed by atoms with Crippen molar-refractivity contribution in [2.45, 2.75) is 45.2 Å². The molecule has 78 valence electrons. The van der Waals surface area contributed by atoms with Crippen molar-refractivity contribution in [3.05, 3.63) is 0 Å². The largest absolute Gasteiger partial charge is 0.394 e. The summed E-state index contributed by atoms with van der Waals surface area (Å²) in [6.07, 6.45) is -2.95. The monoisotopic (exact) mass is 190 g/mol. The van der Waals surface area contributed by atoms with Gasteiger partial charge in [-0.3, -0.25) is 0 Å². The smallest absolute Gasteiger partial charge is 0.111 e. The van der Waals surface area contributed by atoms with Crippen LogP contribution < -0.4 is 0 Å². The standard InChI is InChI=1S/C9H18O4/c1-9(2,3)8-7(12)6(11)5(4-10)13-8/h5-8,10-12H,4H2,1-3H3/t5-,6-,7?,8-/m1/s1. The molecule has 1 aliphatic heterocycles. The van der Waals surface area contributed by atoms with E-state index in [0.29, 0.717) is 0 Å². The molecule has 1 aliphatic rings. The minimum absolute atomic E-state index is 0.232. The van der Waals surface area contributed by atoms with Crippen molar-refractivity contribution >= 4 is 0 Å². The van der Waals surface area contributed by atoms with Crippen molar-refractivity contribution in [3.63, 3.8) is 0 Å². The van der Waals surface area contributed by atoms with Gasteiger partial charge in [-0.25, -0.2) is 0 Å². The molecule has 13 heavy (non-hydrogen) atoms. The molecule has 0 saturated carbocycles. The van der Waals surface area contributed by atoms with E-state index in [2.05, 4.69) is 0 Å². The Morgan fingerprint density at radius 2 is 1.69 bits per heavy atom. The van der Waals surface area contributed by atoms with Crippen LogP contribution in [0.15, 0.2) is 0 Å². The van der Waals surface area contributed by atoms with E-state index < -0.39 is 24.4 Å². The maximum Gasteiger partial charge on any atom is 0.111 e. The van der Waals surface area contributed by atoms with Crippen molar-refractivity contribution in [3.8, 4) is 0 Å². The van der Waals surface area contributed by atoms with E-state index in [-0.39, 0.29) is 12.0 Å². The molecule has 1 rings (SSSR count). The second-order valence-electron chi connectivity index (χ2n) is 4.62. The SMILES string of the molecule is CC(C)(C)[C@@H]1O[C@H](CO)[C@@H](O)C1O. The second-order valence-corrected chi connectivity index (χ2v) is 4.62. The van der Waals surface area contributed by atoms with Crippen LogP contribution in [0.2, 0.25) is 0 Å². The zero-order valence-electron chi connectivity index (χ0n) is 8.27. The molecule has 0 aromatic heterocycles. The number of aliphatic hydroxyl groups excluding tert-OH is 3. The Hall–Kier alpha value is -0.160. The van der Waals surface area contributed by atoms with E-state index in [1.807, 2.05) is 20.8 Å². The zero-order chi connectivity index (χ0) is 10.2. The van der Waals surface area contributed by atoms with Crippen LogP contribution in [0.3, 0.4) is 0 Å². The Labute approximate surface area is 78.1 Å². The van der Waals surface area contributed by atoms with Crippen LogP contribution >= 0.6 is 0 Å². The summed E-state index contributed by atoms with van der Waals surface area (Å²) in [5.74, 6) is 0. The van der Waals surface area contributed by atoms with E-state index in [1.54, 1.807) is 0 Å². The lowest BCUT2D eigenvalue weighted by atomic mass is 9.85. The first kappa shape index (κ1) is 10.9. The van der Waals surface area contributed by atoms with Gasteiger partial charge < -0.3 is 20.1 Å². The van der Waals surface area contributed by atoms with E-state index >= 15 is 0 Å². The molecule has 0 aliphatic carbocycles. The highest BCUT2D eigenvalue weighted by atomic mass is 16.6. The van der Waals surface area contributed by atoms with Crippen LogP contribution in [-0.2, 0) is 4.74 Å². The third-order valence-corrected chi connectivity index (χ3v) is 2.40. The van der Waals surface area contributed by atoms with Gasteiger partial charge in [0.1, 0.15) is 18.3 Å². The first-order valence-electron chi connectivity index (χ1n) is 4.50. The quantitative estimate of drug-likeness (QED) is 0.522. The summed E-state index contributed by atoms with van der Waals surface area (Å²) in [6, 6.07) is 0. The predicted octanol–water partition coefficient (Wildman–Crippen LogP) is -0.486. The molecule has 1 fully saturated rings. The van der Waals surface area contributed by atoms with E-state index in [1.165, 1.54) is 0 Å². The van der Waals surface area contributed by atoms with Crippen LogP contribution in [0.25, 0.3) is 0 Å². The zero-order valence-corrected chi connectivity index (χ0v) is 8.27. The molecule has 0 bridgehead atoms. The van der Waals surface area contributed by atoms with Crippen molar-refractivity contribution in [2.75, 3.05) is 6.61 Å². The first-order valence-corrected chi connectivity index (χ1v) is 4.50. The Bertz CT molecular complexity index is 175. The average Bonchev–Trinajstić information content (AvgIpc) is 2.28. The highest BCUT2D eigenvalue weighted by Crippen LogP contribution is 2.33. The molecular weight excluding hydrogens is 172 g/mol. The van der Waals surface area contributed by atoms with Gasteiger partial charge in [0.15, 0.2) is 0 Å². The number of ether oxygens (including phenoxy) is 1. The van der Waals surface area contributed by atoms with Crippen LogP contribution in [0.1, 0.15) is 20.8 Å². The van der Waals surface area contributed by atoms with Crippen LogP contribution in [0, 0.1) is 5.41 Å². The summed E-state index contributed by atoms with van der Waals surface area (Å²) in [5, 5.41) is 27.9. The molecule has 0 amide bonds. The number of aliphatic hydroxyl groups is 3. The molecule has 0 spiro atoms. The van der Waals surface area contributed by atoms with Crippen molar-refractivity contribution in [1.29, 1.82) is 0 Å². The topological polar surface area (TPSA) is 69.9 Å². The predicted molar refractivity (Wildman–Crippen MR) is 47.2 cm³/mol. The number of hydrogen-bond acceptors (Lipinski definition) is 4. The highest BCUT2D eigenvalue weighted by molar-refractivity contribution is 4.95.